The molecule has 0 aliphatic rings. The number of fused-ring (bicyclic) bond motifs is 1. The molecule has 104 valence electrons. The summed E-state index contributed by atoms with van der Waals surface area (Å²) in [5.41, 5.74) is 0.599. The highest BCUT2D eigenvalue weighted by molar-refractivity contribution is 6.30. The molecule has 7 nitrogen and oxygen atoms in total. The molecule has 0 fully saturated rings. The zero-order chi connectivity index (χ0) is 14.3. The molecule has 0 atom stereocenters. The van der Waals surface area contributed by atoms with Crippen LogP contribution in [0.15, 0.2) is 16.7 Å². The molecular formula is C10H6ClF2N5O2. The van der Waals surface area contributed by atoms with Gasteiger partial charge in [0, 0.05) is 12.1 Å². The maximum Gasteiger partial charge on any atom is 0.387 e. The lowest BCUT2D eigenvalue weighted by molar-refractivity contribution is -0.0500. The third-order valence-corrected chi connectivity index (χ3v) is 2.65. The van der Waals surface area contributed by atoms with Crippen molar-refractivity contribution in [3.05, 3.63) is 23.0 Å². The highest BCUT2D eigenvalue weighted by Gasteiger charge is 2.17. The number of hydrogen-bond donors (Lipinski definition) is 0. The molecule has 0 aliphatic carbocycles. The van der Waals surface area contributed by atoms with Gasteiger partial charge < -0.3 is 9.26 Å². The topological polar surface area (TPSA) is 78.3 Å². The fourth-order valence-electron chi connectivity index (χ4n) is 1.60. The van der Waals surface area contributed by atoms with Crippen LogP contribution in [0, 0.1) is 6.92 Å². The van der Waals surface area contributed by atoms with E-state index in [9.17, 15) is 8.78 Å². The molecule has 3 aromatic heterocycles. The molecule has 0 N–H and O–H groups in total. The van der Waals surface area contributed by atoms with E-state index in [-0.39, 0.29) is 22.4 Å². The Balaban J connectivity index is 2.11. The van der Waals surface area contributed by atoms with Gasteiger partial charge in [0.05, 0.1) is 0 Å². The SMILES string of the molecule is Cc1cc(-c2nnc3cc(OC(F)F)c(Cl)nn23)no1. The highest BCUT2D eigenvalue weighted by atomic mass is 35.5. The maximum atomic E-state index is 12.2. The number of ether oxygens (including phenoxy) is 1. The van der Waals surface area contributed by atoms with Gasteiger partial charge in [-0.25, -0.2) is 0 Å². The van der Waals surface area contributed by atoms with Gasteiger partial charge >= 0.3 is 6.61 Å². The van der Waals surface area contributed by atoms with Crippen LogP contribution in [0.4, 0.5) is 8.78 Å². The largest absolute Gasteiger partial charge is 0.431 e. The van der Waals surface area contributed by atoms with Crippen LogP contribution in [-0.2, 0) is 0 Å². The Morgan fingerprint density at radius 3 is 2.80 bits per heavy atom. The van der Waals surface area contributed by atoms with Crippen molar-refractivity contribution in [2.75, 3.05) is 0 Å². The normalized spacial score (nSPS) is 11.4. The molecular weight excluding hydrogens is 296 g/mol. The first kappa shape index (κ1) is 12.7. The minimum Gasteiger partial charge on any atom is -0.431 e. The molecule has 0 radical (unpaired) electrons. The van der Waals surface area contributed by atoms with E-state index in [1.54, 1.807) is 13.0 Å². The van der Waals surface area contributed by atoms with Crippen LogP contribution in [0.25, 0.3) is 17.2 Å². The summed E-state index contributed by atoms with van der Waals surface area (Å²) in [5, 5.41) is 15.1. The minimum atomic E-state index is -3.00. The molecule has 3 heterocycles. The summed E-state index contributed by atoms with van der Waals surface area (Å²) in [6.07, 6.45) is 0. The van der Waals surface area contributed by atoms with E-state index in [4.69, 9.17) is 16.1 Å². The highest BCUT2D eigenvalue weighted by Crippen LogP contribution is 2.26. The summed E-state index contributed by atoms with van der Waals surface area (Å²) in [4.78, 5) is 0. The second-order valence-electron chi connectivity index (χ2n) is 3.79. The Bertz CT molecular complexity index is 772. The van der Waals surface area contributed by atoms with E-state index in [1.807, 2.05) is 0 Å². The molecule has 0 bridgehead atoms. The van der Waals surface area contributed by atoms with Crippen LogP contribution in [0.1, 0.15) is 5.76 Å². The maximum absolute atomic E-state index is 12.2. The first-order chi connectivity index (χ1) is 9.54. The van der Waals surface area contributed by atoms with Crippen molar-refractivity contribution < 1.29 is 18.0 Å². The van der Waals surface area contributed by atoms with Crippen molar-refractivity contribution in [3.63, 3.8) is 0 Å². The van der Waals surface area contributed by atoms with Gasteiger partial charge in [0.1, 0.15) is 5.76 Å². The molecule has 0 amide bonds. The second kappa shape index (κ2) is 4.67. The van der Waals surface area contributed by atoms with Crippen LogP contribution >= 0.6 is 11.6 Å². The average Bonchev–Trinajstić information content (AvgIpc) is 2.95. The number of alkyl halides is 2. The molecule has 3 rings (SSSR count). The monoisotopic (exact) mass is 301 g/mol. The molecule has 0 unspecified atom stereocenters. The van der Waals surface area contributed by atoms with Gasteiger partial charge in [-0.15, -0.1) is 15.3 Å². The number of halogens is 3. The van der Waals surface area contributed by atoms with Gasteiger partial charge in [-0.1, -0.05) is 16.8 Å². The van der Waals surface area contributed by atoms with E-state index in [2.05, 4.69) is 25.2 Å². The molecule has 20 heavy (non-hydrogen) atoms. The van der Waals surface area contributed by atoms with Crippen molar-refractivity contribution in [2.45, 2.75) is 13.5 Å². The fraction of sp³-hybridized carbons (Fsp3) is 0.200. The average molecular weight is 302 g/mol. The van der Waals surface area contributed by atoms with Crippen molar-refractivity contribution in [1.29, 1.82) is 0 Å². The van der Waals surface area contributed by atoms with E-state index in [1.165, 1.54) is 10.6 Å². The number of hydrogen-bond acceptors (Lipinski definition) is 6. The summed E-state index contributed by atoms with van der Waals surface area (Å²) in [6.45, 7) is -1.29. The third kappa shape index (κ3) is 2.16. The van der Waals surface area contributed by atoms with Crippen LogP contribution in [0.5, 0.6) is 5.75 Å². The quantitative estimate of drug-likeness (QED) is 0.739. The first-order valence-corrected chi connectivity index (χ1v) is 5.73. The molecule has 0 saturated carbocycles. The molecule has 0 spiro atoms. The van der Waals surface area contributed by atoms with Gasteiger partial charge in [-0.3, -0.25) is 0 Å². The number of nitrogens with zero attached hydrogens (tertiary/aromatic N) is 5. The predicted molar refractivity (Wildman–Crippen MR) is 62.7 cm³/mol. The lowest BCUT2D eigenvalue weighted by Gasteiger charge is -2.05. The van der Waals surface area contributed by atoms with Crippen molar-refractivity contribution in [2.24, 2.45) is 0 Å². The van der Waals surface area contributed by atoms with Crippen molar-refractivity contribution in [3.8, 4) is 17.3 Å². The Hall–Kier alpha value is -2.29. The smallest absolute Gasteiger partial charge is 0.387 e. The molecule has 10 heteroatoms. The second-order valence-corrected chi connectivity index (χ2v) is 4.15. The van der Waals surface area contributed by atoms with E-state index < -0.39 is 6.61 Å². The van der Waals surface area contributed by atoms with E-state index >= 15 is 0 Å². The van der Waals surface area contributed by atoms with E-state index in [0.29, 0.717) is 11.5 Å². The Morgan fingerprint density at radius 2 is 2.15 bits per heavy atom. The molecule has 0 saturated heterocycles. The summed E-state index contributed by atoms with van der Waals surface area (Å²) >= 11 is 5.78. The molecule has 0 aliphatic heterocycles. The van der Waals surface area contributed by atoms with E-state index in [0.717, 1.165) is 0 Å². The lowest BCUT2D eigenvalue weighted by atomic mass is 10.3. The fourth-order valence-corrected chi connectivity index (χ4v) is 1.78. The zero-order valence-electron chi connectivity index (χ0n) is 9.92. The van der Waals surface area contributed by atoms with Gasteiger partial charge in [0.2, 0.25) is 5.82 Å². The van der Waals surface area contributed by atoms with Gasteiger partial charge in [-0.05, 0) is 6.92 Å². The first-order valence-electron chi connectivity index (χ1n) is 5.35. The molecule has 0 aromatic carbocycles. The summed E-state index contributed by atoms with van der Waals surface area (Å²) in [5.74, 6) is 0.590. The zero-order valence-corrected chi connectivity index (χ0v) is 10.7. The lowest BCUT2D eigenvalue weighted by Crippen LogP contribution is -2.05. The van der Waals surface area contributed by atoms with Crippen molar-refractivity contribution >= 4 is 17.2 Å². The predicted octanol–water partition coefficient (Wildman–Crippen LogP) is 2.34. The number of aromatic nitrogens is 5. The van der Waals surface area contributed by atoms with Crippen LogP contribution in [-0.4, -0.2) is 31.6 Å². The number of aryl methyl sites for hydroxylation is 1. The van der Waals surface area contributed by atoms with Crippen LogP contribution < -0.4 is 4.74 Å². The summed E-state index contributed by atoms with van der Waals surface area (Å²) < 4.78 is 34.8. The minimum absolute atomic E-state index is 0.195. The number of rotatable bonds is 3. The molecule has 3 aromatic rings. The standard InChI is InChI=1S/C10H6ClF2N5O2/c1-4-2-5(17-20-4)9-15-14-7-3-6(19-10(12)13)8(11)16-18(7)9/h2-3,10H,1H3. The summed E-state index contributed by atoms with van der Waals surface area (Å²) in [7, 11) is 0. The third-order valence-electron chi connectivity index (χ3n) is 2.39. The summed E-state index contributed by atoms with van der Waals surface area (Å²) in [6, 6.07) is 2.85. The van der Waals surface area contributed by atoms with Gasteiger partial charge in [-0.2, -0.15) is 13.3 Å². The van der Waals surface area contributed by atoms with Crippen LogP contribution in [0.3, 0.4) is 0 Å². The Morgan fingerprint density at radius 1 is 1.35 bits per heavy atom. The van der Waals surface area contributed by atoms with Gasteiger partial charge in [0.15, 0.2) is 22.2 Å². The van der Waals surface area contributed by atoms with Crippen LogP contribution in [0.2, 0.25) is 5.15 Å². The van der Waals surface area contributed by atoms with Gasteiger partial charge in [0.25, 0.3) is 0 Å². The Kier molecular flexibility index (Phi) is 2.97. The Labute approximate surface area is 115 Å². The van der Waals surface area contributed by atoms with Crippen molar-refractivity contribution in [1.82, 2.24) is 25.0 Å².